The fourth-order valence-electron chi connectivity index (χ4n) is 5.97. The van der Waals surface area contributed by atoms with E-state index in [9.17, 15) is 0 Å². The van der Waals surface area contributed by atoms with E-state index < -0.39 is 0 Å². The van der Waals surface area contributed by atoms with Crippen LogP contribution in [0.4, 0.5) is 0 Å². The average Bonchev–Trinajstić information content (AvgIpc) is 3.36. The third-order valence-electron chi connectivity index (χ3n) is 7.88. The molecule has 0 saturated heterocycles. The maximum atomic E-state index is 5.21. The van der Waals surface area contributed by atoms with Gasteiger partial charge in [0.2, 0.25) is 0 Å². The topological polar surface area (TPSA) is 17.8 Å². The van der Waals surface area contributed by atoms with E-state index in [1.165, 1.54) is 39.1 Å². The van der Waals surface area contributed by atoms with E-state index in [4.69, 9.17) is 4.98 Å². The molecule has 3 heteroatoms. The zero-order valence-electron chi connectivity index (χ0n) is 22.4. The first-order valence-electron chi connectivity index (χ1n) is 13.1. The molecule has 1 heterocycles. The van der Waals surface area contributed by atoms with Gasteiger partial charge >= 0.3 is 0 Å². The molecule has 1 aromatic heterocycles. The second kappa shape index (κ2) is 9.39. The standard InChI is InChI=1S/C34H33N2.Ir/c1-21(2)24-13-11-14-25(22(3)4)32(24)36-31-17-10-9-16-30(31)35-33(36)23-18-19-27-26-12-7-8-15-28(26)34(5,6)29(27)20-23;/h7-17,19-22H,1-6H3;/q-1;. The van der Waals surface area contributed by atoms with Gasteiger partial charge in [0.1, 0.15) is 0 Å². The minimum atomic E-state index is -0.0639. The molecule has 0 bridgehead atoms. The first kappa shape index (κ1) is 25.6. The van der Waals surface area contributed by atoms with Crippen LogP contribution in [0.1, 0.15) is 75.6 Å². The van der Waals surface area contributed by atoms with E-state index in [0.717, 1.165) is 22.4 Å². The second-order valence-corrected chi connectivity index (χ2v) is 11.2. The predicted octanol–water partition coefficient (Wildman–Crippen LogP) is 9.04. The number of fused-ring (bicyclic) bond motifs is 4. The monoisotopic (exact) mass is 662 g/mol. The van der Waals surface area contributed by atoms with Gasteiger partial charge in [-0.1, -0.05) is 107 Å². The SMILES string of the molecule is CC(C)c1cccc(C(C)C)c1-n1c(-c2[c-]cc3c(c2)C(C)(C)c2ccccc2-3)nc2ccccc21.[Ir]. The Morgan fingerprint density at radius 1 is 0.757 bits per heavy atom. The molecule has 6 rings (SSSR count). The van der Waals surface area contributed by atoms with Gasteiger partial charge < -0.3 is 4.57 Å². The first-order chi connectivity index (χ1) is 17.3. The molecule has 189 valence electrons. The number of benzene rings is 4. The Kier molecular flexibility index (Phi) is 6.50. The molecule has 1 aliphatic rings. The van der Waals surface area contributed by atoms with Crippen LogP contribution in [0.25, 0.3) is 39.2 Å². The van der Waals surface area contributed by atoms with Gasteiger partial charge in [-0.15, -0.1) is 29.3 Å². The van der Waals surface area contributed by atoms with Crippen molar-refractivity contribution in [2.75, 3.05) is 0 Å². The molecule has 0 fully saturated rings. The minimum Gasteiger partial charge on any atom is -0.333 e. The van der Waals surface area contributed by atoms with E-state index in [1.807, 2.05) is 0 Å². The molecule has 1 radical (unpaired) electrons. The van der Waals surface area contributed by atoms with Crippen LogP contribution in [-0.4, -0.2) is 9.55 Å². The van der Waals surface area contributed by atoms with E-state index in [1.54, 1.807) is 0 Å². The van der Waals surface area contributed by atoms with Crippen molar-refractivity contribution in [3.63, 3.8) is 0 Å². The summed E-state index contributed by atoms with van der Waals surface area (Å²) in [5.41, 5.74) is 12.4. The van der Waals surface area contributed by atoms with Crippen LogP contribution in [0.3, 0.4) is 0 Å². The number of nitrogens with zero attached hydrogens (tertiary/aromatic N) is 2. The Hall–Kier alpha value is -3.00. The molecule has 0 amide bonds. The predicted molar refractivity (Wildman–Crippen MR) is 151 cm³/mol. The normalized spacial score (nSPS) is 13.6. The number of hydrogen-bond donors (Lipinski definition) is 0. The van der Waals surface area contributed by atoms with Crippen molar-refractivity contribution in [1.29, 1.82) is 0 Å². The van der Waals surface area contributed by atoms with E-state index in [-0.39, 0.29) is 25.5 Å². The third kappa shape index (κ3) is 3.92. The molecule has 0 unspecified atom stereocenters. The van der Waals surface area contributed by atoms with Crippen LogP contribution in [-0.2, 0) is 25.5 Å². The minimum absolute atomic E-state index is 0. The summed E-state index contributed by atoms with van der Waals surface area (Å²) in [4.78, 5) is 5.21. The maximum Gasteiger partial charge on any atom is 0.0774 e. The molecule has 4 aromatic carbocycles. The molecule has 0 N–H and O–H groups in total. The van der Waals surface area contributed by atoms with Crippen molar-refractivity contribution < 1.29 is 20.1 Å². The van der Waals surface area contributed by atoms with E-state index >= 15 is 0 Å². The Morgan fingerprint density at radius 3 is 2.11 bits per heavy atom. The van der Waals surface area contributed by atoms with Crippen LogP contribution < -0.4 is 0 Å². The molecule has 2 nitrogen and oxygen atoms in total. The molecular formula is C34H33IrN2-. The number of aromatic nitrogens is 2. The van der Waals surface area contributed by atoms with Crippen molar-refractivity contribution in [2.45, 2.75) is 58.8 Å². The summed E-state index contributed by atoms with van der Waals surface area (Å²) >= 11 is 0. The molecule has 1 aliphatic carbocycles. The van der Waals surface area contributed by atoms with Gasteiger partial charge in [0.05, 0.1) is 16.9 Å². The van der Waals surface area contributed by atoms with Crippen molar-refractivity contribution in [3.05, 3.63) is 107 Å². The number of hydrogen-bond acceptors (Lipinski definition) is 1. The molecule has 0 saturated carbocycles. The number of rotatable bonds is 4. The maximum absolute atomic E-state index is 5.21. The summed E-state index contributed by atoms with van der Waals surface area (Å²) in [5.74, 6) is 1.75. The smallest absolute Gasteiger partial charge is 0.0774 e. The van der Waals surface area contributed by atoms with Gasteiger partial charge in [-0.2, -0.15) is 0 Å². The largest absolute Gasteiger partial charge is 0.333 e. The zero-order chi connectivity index (χ0) is 25.2. The summed E-state index contributed by atoms with van der Waals surface area (Å²) in [5, 5.41) is 0. The van der Waals surface area contributed by atoms with Crippen LogP contribution in [0.5, 0.6) is 0 Å². The Morgan fingerprint density at radius 2 is 1.41 bits per heavy atom. The molecule has 0 aliphatic heterocycles. The van der Waals surface area contributed by atoms with Crippen LogP contribution >= 0.6 is 0 Å². The van der Waals surface area contributed by atoms with Crippen LogP contribution in [0.2, 0.25) is 0 Å². The molecule has 0 spiro atoms. The summed E-state index contributed by atoms with van der Waals surface area (Å²) in [6.07, 6.45) is 0. The Labute approximate surface area is 234 Å². The van der Waals surface area contributed by atoms with Crippen molar-refractivity contribution in [1.82, 2.24) is 9.55 Å². The van der Waals surface area contributed by atoms with Gasteiger partial charge in [0, 0.05) is 25.8 Å². The third-order valence-corrected chi connectivity index (χ3v) is 7.88. The van der Waals surface area contributed by atoms with Gasteiger partial charge in [-0.25, -0.2) is 0 Å². The average molecular weight is 662 g/mol. The van der Waals surface area contributed by atoms with E-state index in [2.05, 4.69) is 131 Å². The Balaban J connectivity index is 0.00000280. The van der Waals surface area contributed by atoms with Gasteiger partial charge in [0.15, 0.2) is 0 Å². The van der Waals surface area contributed by atoms with Gasteiger partial charge in [0.25, 0.3) is 0 Å². The fourth-order valence-corrected chi connectivity index (χ4v) is 5.97. The molecule has 37 heavy (non-hydrogen) atoms. The Bertz CT molecular complexity index is 1590. The van der Waals surface area contributed by atoms with Crippen molar-refractivity contribution in [3.8, 4) is 28.2 Å². The summed E-state index contributed by atoms with van der Waals surface area (Å²) in [6, 6.07) is 32.2. The summed E-state index contributed by atoms with van der Waals surface area (Å²) < 4.78 is 2.40. The number of para-hydroxylation sites is 3. The number of imidazole rings is 1. The van der Waals surface area contributed by atoms with E-state index in [0.29, 0.717) is 11.8 Å². The molecular weight excluding hydrogens is 629 g/mol. The van der Waals surface area contributed by atoms with Gasteiger partial charge in [-0.3, -0.25) is 4.98 Å². The van der Waals surface area contributed by atoms with Crippen LogP contribution in [0, 0.1) is 6.07 Å². The fraction of sp³-hybridized carbons (Fsp3) is 0.265. The first-order valence-corrected chi connectivity index (χ1v) is 13.1. The van der Waals surface area contributed by atoms with Crippen molar-refractivity contribution in [2.24, 2.45) is 0 Å². The molecule has 5 aromatic rings. The zero-order valence-corrected chi connectivity index (χ0v) is 24.8. The van der Waals surface area contributed by atoms with Crippen molar-refractivity contribution >= 4 is 11.0 Å². The van der Waals surface area contributed by atoms with Crippen LogP contribution in [0.15, 0.2) is 78.9 Å². The quantitative estimate of drug-likeness (QED) is 0.176. The second-order valence-electron chi connectivity index (χ2n) is 11.2. The summed E-state index contributed by atoms with van der Waals surface area (Å²) in [6.45, 7) is 13.8. The molecule has 0 atom stereocenters. The van der Waals surface area contributed by atoms with Gasteiger partial charge in [-0.05, 0) is 46.1 Å². The summed E-state index contributed by atoms with van der Waals surface area (Å²) in [7, 11) is 0.